The van der Waals surface area contributed by atoms with Crippen LogP contribution in [0.1, 0.15) is 24.2 Å². The minimum atomic E-state index is -0.223. The Kier molecular flexibility index (Phi) is 4.72. The zero-order chi connectivity index (χ0) is 12.0. The van der Waals surface area contributed by atoms with Crippen molar-refractivity contribution in [3.05, 3.63) is 34.2 Å². The van der Waals surface area contributed by atoms with Gasteiger partial charge < -0.3 is 15.0 Å². The molecule has 0 fully saturated rings. The first-order valence-corrected chi connectivity index (χ1v) is 5.18. The quantitative estimate of drug-likeness (QED) is 0.717. The zero-order valence-corrected chi connectivity index (χ0v) is 9.45. The second-order valence-electron chi connectivity index (χ2n) is 3.62. The molecule has 1 aromatic heterocycles. The van der Waals surface area contributed by atoms with Crippen molar-refractivity contribution in [3.63, 3.8) is 0 Å². The number of carbonyl (C=O) groups is 1. The number of pyridine rings is 1. The van der Waals surface area contributed by atoms with Gasteiger partial charge >= 0.3 is 0 Å². The van der Waals surface area contributed by atoms with Crippen LogP contribution in [-0.2, 0) is 4.74 Å². The van der Waals surface area contributed by atoms with Gasteiger partial charge in [0.25, 0.3) is 5.91 Å². The average molecular weight is 224 g/mol. The molecule has 0 saturated heterocycles. The van der Waals surface area contributed by atoms with Crippen LogP contribution in [0.15, 0.2) is 23.1 Å². The van der Waals surface area contributed by atoms with Crippen LogP contribution in [0.5, 0.6) is 0 Å². The molecule has 0 aromatic carbocycles. The maximum Gasteiger partial charge on any atom is 0.252 e. The first-order chi connectivity index (χ1) is 7.59. The number of H-pyrrole nitrogens is 1. The molecule has 0 atom stereocenters. The number of hydrogen-bond donors (Lipinski definition) is 2. The average Bonchev–Trinajstić information content (AvgIpc) is 2.25. The molecule has 0 aliphatic carbocycles. The summed E-state index contributed by atoms with van der Waals surface area (Å²) in [6, 6.07) is 2.80. The highest BCUT2D eigenvalue weighted by atomic mass is 16.5. The summed E-state index contributed by atoms with van der Waals surface area (Å²) in [5.41, 5.74) is 0.212. The SMILES string of the molecule is CC(C)OCCNC(=O)c1ccc(=O)[nH]c1. The van der Waals surface area contributed by atoms with Gasteiger partial charge in [-0.3, -0.25) is 9.59 Å². The third kappa shape index (κ3) is 4.27. The van der Waals surface area contributed by atoms with E-state index in [9.17, 15) is 9.59 Å². The largest absolute Gasteiger partial charge is 0.377 e. The summed E-state index contributed by atoms with van der Waals surface area (Å²) < 4.78 is 5.27. The molecule has 0 unspecified atom stereocenters. The number of rotatable bonds is 5. The Balaban J connectivity index is 2.35. The first kappa shape index (κ1) is 12.4. The number of hydrogen-bond acceptors (Lipinski definition) is 3. The molecule has 16 heavy (non-hydrogen) atoms. The molecule has 0 aliphatic heterocycles. The fraction of sp³-hybridized carbons (Fsp3) is 0.455. The minimum Gasteiger partial charge on any atom is -0.377 e. The molecule has 88 valence electrons. The van der Waals surface area contributed by atoms with Crippen LogP contribution in [0.4, 0.5) is 0 Å². The van der Waals surface area contributed by atoms with Gasteiger partial charge in [0.1, 0.15) is 0 Å². The number of aromatic nitrogens is 1. The highest BCUT2D eigenvalue weighted by Crippen LogP contribution is 1.92. The van der Waals surface area contributed by atoms with Gasteiger partial charge in [0.05, 0.1) is 18.3 Å². The number of ether oxygens (including phenoxy) is 1. The molecular formula is C11H16N2O3. The van der Waals surface area contributed by atoms with E-state index in [1.54, 1.807) is 0 Å². The minimum absolute atomic E-state index is 0.157. The molecular weight excluding hydrogens is 208 g/mol. The van der Waals surface area contributed by atoms with Crippen molar-refractivity contribution >= 4 is 5.91 Å². The van der Waals surface area contributed by atoms with Crippen molar-refractivity contribution in [2.24, 2.45) is 0 Å². The van der Waals surface area contributed by atoms with E-state index in [1.807, 2.05) is 13.8 Å². The van der Waals surface area contributed by atoms with Crippen LogP contribution in [0.25, 0.3) is 0 Å². The van der Waals surface area contributed by atoms with Crippen molar-refractivity contribution in [3.8, 4) is 0 Å². The van der Waals surface area contributed by atoms with Gasteiger partial charge in [0.2, 0.25) is 5.56 Å². The van der Waals surface area contributed by atoms with Crippen LogP contribution in [0.3, 0.4) is 0 Å². The maximum atomic E-state index is 11.5. The van der Waals surface area contributed by atoms with Crippen molar-refractivity contribution in [1.82, 2.24) is 10.3 Å². The lowest BCUT2D eigenvalue weighted by atomic mass is 10.3. The second kappa shape index (κ2) is 6.07. The van der Waals surface area contributed by atoms with Crippen LogP contribution in [0, 0.1) is 0 Å². The van der Waals surface area contributed by atoms with Crippen molar-refractivity contribution in [2.45, 2.75) is 20.0 Å². The van der Waals surface area contributed by atoms with Crippen LogP contribution >= 0.6 is 0 Å². The Morgan fingerprint density at radius 3 is 2.81 bits per heavy atom. The second-order valence-corrected chi connectivity index (χ2v) is 3.62. The van der Waals surface area contributed by atoms with Gasteiger partial charge in [-0.05, 0) is 19.9 Å². The predicted molar refractivity (Wildman–Crippen MR) is 60.5 cm³/mol. The molecule has 0 spiro atoms. The summed E-state index contributed by atoms with van der Waals surface area (Å²) in [4.78, 5) is 24.7. The van der Waals surface area contributed by atoms with E-state index in [-0.39, 0.29) is 17.6 Å². The van der Waals surface area contributed by atoms with Crippen LogP contribution in [0.2, 0.25) is 0 Å². The number of aromatic amines is 1. The molecule has 5 nitrogen and oxygen atoms in total. The number of carbonyl (C=O) groups excluding carboxylic acids is 1. The van der Waals surface area contributed by atoms with E-state index in [0.717, 1.165) is 0 Å². The lowest BCUT2D eigenvalue weighted by Crippen LogP contribution is -2.28. The monoisotopic (exact) mass is 224 g/mol. The number of amides is 1. The van der Waals surface area contributed by atoms with Crippen LogP contribution < -0.4 is 10.9 Å². The summed E-state index contributed by atoms with van der Waals surface area (Å²) in [6.07, 6.45) is 1.55. The Hall–Kier alpha value is -1.62. The van der Waals surface area contributed by atoms with Gasteiger partial charge in [-0.2, -0.15) is 0 Å². The van der Waals surface area contributed by atoms with Crippen molar-refractivity contribution < 1.29 is 9.53 Å². The first-order valence-electron chi connectivity index (χ1n) is 5.18. The fourth-order valence-electron chi connectivity index (χ4n) is 1.11. The van der Waals surface area contributed by atoms with Crippen LogP contribution in [-0.4, -0.2) is 30.1 Å². The zero-order valence-electron chi connectivity index (χ0n) is 9.45. The predicted octanol–water partition coefficient (Wildman–Crippen LogP) is 0.530. The Morgan fingerprint density at radius 2 is 2.25 bits per heavy atom. The van der Waals surface area contributed by atoms with Gasteiger partial charge in [-0.15, -0.1) is 0 Å². The van der Waals surface area contributed by atoms with Gasteiger partial charge in [0, 0.05) is 18.8 Å². The topological polar surface area (TPSA) is 71.2 Å². The molecule has 1 rings (SSSR count). The fourth-order valence-corrected chi connectivity index (χ4v) is 1.11. The summed E-state index contributed by atoms with van der Waals surface area (Å²) in [5, 5.41) is 2.69. The molecule has 1 aromatic rings. The molecule has 1 heterocycles. The van der Waals surface area contributed by atoms with E-state index in [2.05, 4.69) is 10.3 Å². The maximum absolute atomic E-state index is 11.5. The highest BCUT2D eigenvalue weighted by molar-refractivity contribution is 5.93. The molecule has 0 bridgehead atoms. The normalized spacial score (nSPS) is 10.4. The highest BCUT2D eigenvalue weighted by Gasteiger charge is 2.04. The summed E-state index contributed by atoms with van der Waals surface area (Å²) >= 11 is 0. The number of nitrogens with one attached hydrogen (secondary N) is 2. The van der Waals surface area contributed by atoms with E-state index in [0.29, 0.717) is 18.7 Å². The van der Waals surface area contributed by atoms with Crippen molar-refractivity contribution in [2.75, 3.05) is 13.2 Å². The van der Waals surface area contributed by atoms with E-state index in [4.69, 9.17) is 4.74 Å². The van der Waals surface area contributed by atoms with Gasteiger partial charge in [0.15, 0.2) is 0 Å². The molecule has 0 aliphatic rings. The van der Waals surface area contributed by atoms with E-state index < -0.39 is 0 Å². The molecule has 5 heteroatoms. The van der Waals surface area contributed by atoms with Gasteiger partial charge in [-0.25, -0.2) is 0 Å². The Bertz CT molecular complexity index is 378. The van der Waals surface area contributed by atoms with E-state index >= 15 is 0 Å². The van der Waals surface area contributed by atoms with E-state index in [1.165, 1.54) is 18.3 Å². The molecule has 1 amide bonds. The van der Waals surface area contributed by atoms with Crippen molar-refractivity contribution in [1.29, 1.82) is 0 Å². The Labute approximate surface area is 93.8 Å². The third-order valence-electron chi connectivity index (χ3n) is 1.89. The Morgan fingerprint density at radius 1 is 1.50 bits per heavy atom. The summed E-state index contributed by atoms with van der Waals surface area (Å²) in [7, 11) is 0. The lowest BCUT2D eigenvalue weighted by Gasteiger charge is -2.08. The lowest BCUT2D eigenvalue weighted by molar-refractivity contribution is 0.0746. The third-order valence-corrected chi connectivity index (χ3v) is 1.89. The smallest absolute Gasteiger partial charge is 0.252 e. The molecule has 0 radical (unpaired) electrons. The standard InChI is InChI=1S/C11H16N2O3/c1-8(2)16-6-5-12-11(15)9-3-4-10(14)13-7-9/h3-4,7-8H,5-6H2,1-2H3,(H,12,15)(H,13,14). The molecule has 2 N–H and O–H groups in total. The summed E-state index contributed by atoms with van der Waals surface area (Å²) in [6.45, 7) is 4.80. The van der Waals surface area contributed by atoms with Gasteiger partial charge in [-0.1, -0.05) is 0 Å². The molecule has 0 saturated carbocycles. The summed E-state index contributed by atoms with van der Waals surface area (Å²) in [5.74, 6) is -0.219.